The van der Waals surface area contributed by atoms with Gasteiger partial charge in [-0.2, -0.15) is 0 Å². The first-order valence-corrected chi connectivity index (χ1v) is 7.00. The average molecular weight is 299 g/mol. The van der Waals surface area contributed by atoms with Gasteiger partial charge in [-0.1, -0.05) is 12.1 Å². The lowest BCUT2D eigenvalue weighted by Gasteiger charge is -2.44. The quantitative estimate of drug-likeness (QED) is 0.864. The van der Waals surface area contributed by atoms with Crippen molar-refractivity contribution in [3.8, 4) is 0 Å². The van der Waals surface area contributed by atoms with Gasteiger partial charge >= 0.3 is 0 Å². The van der Waals surface area contributed by atoms with Gasteiger partial charge in [-0.25, -0.2) is 4.39 Å². The van der Waals surface area contributed by atoms with Gasteiger partial charge in [-0.05, 0) is 50.9 Å². The SMILES string of the molecule is Cl.O=C1N(c2ccccc2F)CCCC12CCNCC2. The third kappa shape index (κ3) is 2.54. The van der Waals surface area contributed by atoms with Crippen molar-refractivity contribution in [2.75, 3.05) is 24.5 Å². The van der Waals surface area contributed by atoms with Gasteiger partial charge in [0, 0.05) is 6.54 Å². The van der Waals surface area contributed by atoms with Crippen molar-refractivity contribution in [1.29, 1.82) is 0 Å². The van der Waals surface area contributed by atoms with Crippen LogP contribution in [0.25, 0.3) is 0 Å². The number of amides is 1. The summed E-state index contributed by atoms with van der Waals surface area (Å²) in [4.78, 5) is 14.4. The fourth-order valence-electron chi connectivity index (χ4n) is 3.34. The van der Waals surface area contributed by atoms with Crippen LogP contribution >= 0.6 is 12.4 Å². The molecule has 2 saturated heterocycles. The number of carbonyl (C=O) groups is 1. The van der Waals surface area contributed by atoms with Crippen molar-refractivity contribution >= 4 is 24.0 Å². The minimum absolute atomic E-state index is 0. The van der Waals surface area contributed by atoms with Crippen LogP contribution in [-0.2, 0) is 4.79 Å². The third-order valence-corrected chi connectivity index (χ3v) is 4.44. The summed E-state index contributed by atoms with van der Waals surface area (Å²) in [6.07, 6.45) is 3.64. The second kappa shape index (κ2) is 6.10. The van der Waals surface area contributed by atoms with Crippen molar-refractivity contribution in [2.45, 2.75) is 25.7 Å². The van der Waals surface area contributed by atoms with E-state index in [1.807, 2.05) is 0 Å². The van der Waals surface area contributed by atoms with E-state index in [0.717, 1.165) is 38.8 Å². The van der Waals surface area contributed by atoms with E-state index in [1.165, 1.54) is 6.07 Å². The van der Waals surface area contributed by atoms with E-state index in [1.54, 1.807) is 23.1 Å². The van der Waals surface area contributed by atoms with Gasteiger partial charge in [0.25, 0.3) is 0 Å². The molecular formula is C15H20ClFN2O. The van der Waals surface area contributed by atoms with Crippen LogP contribution in [0.5, 0.6) is 0 Å². The van der Waals surface area contributed by atoms with Crippen molar-refractivity contribution < 1.29 is 9.18 Å². The Hall–Kier alpha value is -1.13. The number of halogens is 2. The molecule has 0 bridgehead atoms. The highest BCUT2D eigenvalue weighted by Gasteiger charge is 2.45. The molecule has 2 fully saturated rings. The summed E-state index contributed by atoms with van der Waals surface area (Å²) in [6.45, 7) is 2.41. The van der Waals surface area contributed by atoms with E-state index in [-0.39, 0.29) is 29.5 Å². The molecule has 3 rings (SSSR count). The number of nitrogens with one attached hydrogen (secondary N) is 1. The molecule has 0 saturated carbocycles. The Morgan fingerprint density at radius 3 is 2.55 bits per heavy atom. The number of anilines is 1. The molecule has 0 radical (unpaired) electrons. The van der Waals surface area contributed by atoms with Crippen molar-refractivity contribution in [2.24, 2.45) is 5.41 Å². The Morgan fingerprint density at radius 2 is 1.85 bits per heavy atom. The molecule has 20 heavy (non-hydrogen) atoms. The lowest BCUT2D eigenvalue weighted by atomic mass is 9.72. The standard InChI is InChI=1S/C15H19FN2O.ClH/c16-12-4-1-2-5-13(12)18-11-3-6-15(14(18)19)7-9-17-10-8-15;/h1-2,4-5,17H,3,6-11H2;1H. The van der Waals surface area contributed by atoms with Crippen LogP contribution in [0.4, 0.5) is 10.1 Å². The Balaban J connectivity index is 0.00000147. The number of benzene rings is 1. The van der Waals surface area contributed by atoms with Crippen molar-refractivity contribution in [3.63, 3.8) is 0 Å². The van der Waals surface area contributed by atoms with E-state index in [2.05, 4.69) is 5.32 Å². The number of hydrogen-bond donors (Lipinski definition) is 1. The second-order valence-corrected chi connectivity index (χ2v) is 5.54. The van der Waals surface area contributed by atoms with Crippen molar-refractivity contribution in [3.05, 3.63) is 30.1 Å². The number of rotatable bonds is 1. The summed E-state index contributed by atoms with van der Waals surface area (Å²) in [5, 5.41) is 3.30. The van der Waals surface area contributed by atoms with E-state index >= 15 is 0 Å². The molecular weight excluding hydrogens is 279 g/mol. The highest BCUT2D eigenvalue weighted by Crippen LogP contribution is 2.41. The molecule has 0 aromatic heterocycles. The maximum Gasteiger partial charge on any atom is 0.233 e. The summed E-state index contributed by atoms with van der Waals surface area (Å²) >= 11 is 0. The molecule has 5 heteroatoms. The van der Waals surface area contributed by atoms with Crippen LogP contribution in [0.1, 0.15) is 25.7 Å². The average Bonchev–Trinajstić information content (AvgIpc) is 2.44. The number of piperidine rings is 2. The summed E-state index contributed by atoms with van der Waals surface area (Å²) in [6, 6.07) is 6.57. The molecule has 1 aromatic rings. The normalized spacial score (nSPS) is 21.6. The summed E-state index contributed by atoms with van der Waals surface area (Å²) < 4.78 is 13.9. The molecule has 110 valence electrons. The Kier molecular flexibility index (Phi) is 4.66. The van der Waals surface area contributed by atoms with Crippen LogP contribution in [0.15, 0.2) is 24.3 Å². The number of nitrogens with zero attached hydrogens (tertiary/aromatic N) is 1. The summed E-state index contributed by atoms with van der Waals surface area (Å²) in [5.41, 5.74) is 0.177. The first kappa shape index (κ1) is 15.3. The lowest BCUT2D eigenvalue weighted by molar-refractivity contribution is -0.132. The fraction of sp³-hybridized carbons (Fsp3) is 0.533. The molecule has 2 aliphatic heterocycles. The van der Waals surface area contributed by atoms with Gasteiger partial charge in [0.15, 0.2) is 0 Å². The van der Waals surface area contributed by atoms with E-state index in [9.17, 15) is 9.18 Å². The smallest absolute Gasteiger partial charge is 0.233 e. The van der Waals surface area contributed by atoms with Crippen LogP contribution in [0, 0.1) is 11.2 Å². The lowest BCUT2D eigenvalue weighted by Crippen LogP contribution is -2.53. The van der Waals surface area contributed by atoms with Gasteiger partial charge in [-0.15, -0.1) is 12.4 Å². The molecule has 1 aromatic carbocycles. The van der Waals surface area contributed by atoms with Crippen LogP contribution < -0.4 is 10.2 Å². The molecule has 0 aliphatic carbocycles. The molecule has 0 unspecified atom stereocenters. The Bertz CT molecular complexity index is 483. The van der Waals surface area contributed by atoms with E-state index < -0.39 is 0 Å². The second-order valence-electron chi connectivity index (χ2n) is 5.54. The maximum absolute atomic E-state index is 13.9. The van der Waals surface area contributed by atoms with Crippen LogP contribution in [-0.4, -0.2) is 25.5 Å². The van der Waals surface area contributed by atoms with Gasteiger partial charge in [0.2, 0.25) is 5.91 Å². The minimum atomic E-state index is -0.304. The third-order valence-electron chi connectivity index (χ3n) is 4.44. The number of carbonyl (C=O) groups excluding carboxylic acids is 1. The first-order valence-electron chi connectivity index (χ1n) is 7.00. The molecule has 0 atom stereocenters. The van der Waals surface area contributed by atoms with E-state index in [4.69, 9.17) is 0 Å². The predicted octanol–water partition coefficient (Wildman–Crippen LogP) is 2.74. The molecule has 1 spiro atoms. The number of para-hydroxylation sites is 1. The van der Waals surface area contributed by atoms with Crippen LogP contribution in [0.3, 0.4) is 0 Å². The van der Waals surface area contributed by atoms with Crippen LogP contribution in [0.2, 0.25) is 0 Å². The zero-order valence-electron chi connectivity index (χ0n) is 11.4. The fourth-order valence-corrected chi connectivity index (χ4v) is 3.34. The molecule has 2 aliphatic rings. The molecule has 3 nitrogen and oxygen atoms in total. The molecule has 1 N–H and O–H groups in total. The van der Waals surface area contributed by atoms with Gasteiger partial charge in [-0.3, -0.25) is 4.79 Å². The van der Waals surface area contributed by atoms with Gasteiger partial charge in [0.05, 0.1) is 11.1 Å². The predicted molar refractivity (Wildman–Crippen MR) is 79.8 cm³/mol. The topological polar surface area (TPSA) is 32.3 Å². The number of hydrogen-bond acceptors (Lipinski definition) is 2. The molecule has 2 heterocycles. The molecule has 1 amide bonds. The Labute approximate surface area is 124 Å². The summed E-state index contributed by atoms with van der Waals surface area (Å²) in [7, 11) is 0. The van der Waals surface area contributed by atoms with Gasteiger partial charge < -0.3 is 10.2 Å². The van der Waals surface area contributed by atoms with E-state index in [0.29, 0.717) is 12.2 Å². The first-order chi connectivity index (χ1) is 9.23. The largest absolute Gasteiger partial charge is 0.317 e. The highest BCUT2D eigenvalue weighted by molar-refractivity contribution is 5.98. The minimum Gasteiger partial charge on any atom is -0.317 e. The van der Waals surface area contributed by atoms with Crippen molar-refractivity contribution in [1.82, 2.24) is 5.32 Å². The Morgan fingerprint density at radius 1 is 1.15 bits per heavy atom. The summed E-state index contributed by atoms with van der Waals surface area (Å²) in [5.74, 6) is -0.188. The monoisotopic (exact) mass is 298 g/mol. The zero-order valence-corrected chi connectivity index (χ0v) is 12.2. The highest BCUT2D eigenvalue weighted by atomic mass is 35.5. The van der Waals surface area contributed by atoms with Gasteiger partial charge in [0.1, 0.15) is 5.82 Å². The maximum atomic E-state index is 13.9. The zero-order chi connectivity index (χ0) is 13.3.